The van der Waals surface area contributed by atoms with Gasteiger partial charge in [0, 0.05) is 15.2 Å². The van der Waals surface area contributed by atoms with Crippen LogP contribution in [0.4, 0.5) is 0 Å². The van der Waals surface area contributed by atoms with Crippen LogP contribution in [0.25, 0.3) is 0 Å². The topological polar surface area (TPSA) is 57.9 Å². The summed E-state index contributed by atoms with van der Waals surface area (Å²) in [5.74, 6) is 0. The molecule has 0 aliphatic rings. The lowest BCUT2D eigenvalue weighted by Gasteiger charge is -2.05. The highest BCUT2D eigenvalue weighted by Gasteiger charge is 2.20. The van der Waals surface area contributed by atoms with Gasteiger partial charge in [0.2, 0.25) is 0 Å². The van der Waals surface area contributed by atoms with Crippen molar-refractivity contribution in [1.29, 1.82) is 5.26 Å². The second kappa shape index (κ2) is 3.89. The Balaban J connectivity index is 3.72. The molecule has 0 aromatic heterocycles. The van der Waals surface area contributed by atoms with Gasteiger partial charge in [0.25, 0.3) is 9.05 Å². The molecule has 0 spiro atoms. The summed E-state index contributed by atoms with van der Waals surface area (Å²) in [5.41, 5.74) is 0.751. The average molecular weight is 295 g/mol. The Morgan fingerprint density at radius 1 is 1.50 bits per heavy atom. The molecule has 0 atom stereocenters. The van der Waals surface area contributed by atoms with Crippen LogP contribution in [-0.4, -0.2) is 8.42 Å². The SMILES string of the molecule is Cc1ccc(C#N)c(S(=O)(=O)Cl)c1Br. The molecule has 3 nitrogen and oxygen atoms in total. The van der Waals surface area contributed by atoms with Crippen molar-refractivity contribution >= 4 is 35.7 Å². The van der Waals surface area contributed by atoms with E-state index in [1.807, 2.05) is 0 Å². The highest BCUT2D eigenvalue weighted by molar-refractivity contribution is 9.10. The molecule has 0 heterocycles. The van der Waals surface area contributed by atoms with Crippen LogP contribution in [0.15, 0.2) is 21.5 Å². The predicted molar refractivity (Wildman–Crippen MR) is 56.6 cm³/mol. The zero-order chi connectivity index (χ0) is 10.9. The maximum Gasteiger partial charge on any atom is 0.263 e. The van der Waals surface area contributed by atoms with Gasteiger partial charge in [-0.1, -0.05) is 6.07 Å². The minimum atomic E-state index is -3.90. The van der Waals surface area contributed by atoms with Gasteiger partial charge in [-0.15, -0.1) is 0 Å². The van der Waals surface area contributed by atoms with Gasteiger partial charge in [-0.3, -0.25) is 0 Å². The highest BCUT2D eigenvalue weighted by Crippen LogP contribution is 2.30. The number of hydrogen-bond acceptors (Lipinski definition) is 3. The van der Waals surface area contributed by atoms with E-state index >= 15 is 0 Å². The molecule has 6 heteroatoms. The third-order valence-corrected chi connectivity index (χ3v) is 4.31. The Morgan fingerprint density at radius 2 is 2.07 bits per heavy atom. The van der Waals surface area contributed by atoms with Crippen LogP contribution in [0.1, 0.15) is 11.1 Å². The van der Waals surface area contributed by atoms with Gasteiger partial charge in [0.15, 0.2) is 0 Å². The smallest absolute Gasteiger partial charge is 0.207 e. The minimum absolute atomic E-state index is 0.0393. The number of benzene rings is 1. The van der Waals surface area contributed by atoms with Crippen molar-refractivity contribution in [2.45, 2.75) is 11.8 Å². The molecule has 1 rings (SSSR count). The summed E-state index contributed by atoms with van der Waals surface area (Å²) in [5, 5.41) is 8.70. The monoisotopic (exact) mass is 293 g/mol. The van der Waals surface area contributed by atoms with E-state index in [4.69, 9.17) is 15.9 Å². The van der Waals surface area contributed by atoms with Crippen LogP contribution in [0.2, 0.25) is 0 Å². The largest absolute Gasteiger partial charge is 0.263 e. The van der Waals surface area contributed by atoms with Crippen LogP contribution in [-0.2, 0) is 9.05 Å². The molecule has 1 aromatic rings. The fraction of sp³-hybridized carbons (Fsp3) is 0.125. The fourth-order valence-electron chi connectivity index (χ4n) is 0.981. The van der Waals surface area contributed by atoms with Crippen LogP contribution in [0.3, 0.4) is 0 Å². The van der Waals surface area contributed by atoms with Gasteiger partial charge in [-0.2, -0.15) is 5.26 Å². The second-order valence-electron chi connectivity index (χ2n) is 2.62. The molecule has 0 N–H and O–H groups in total. The van der Waals surface area contributed by atoms with E-state index in [0.717, 1.165) is 0 Å². The van der Waals surface area contributed by atoms with Crippen molar-refractivity contribution in [3.63, 3.8) is 0 Å². The van der Waals surface area contributed by atoms with Gasteiger partial charge < -0.3 is 0 Å². The summed E-state index contributed by atoms with van der Waals surface area (Å²) in [6.45, 7) is 1.72. The Hall–Kier alpha value is -0.570. The first-order valence-electron chi connectivity index (χ1n) is 3.52. The molecule has 74 valence electrons. The molecule has 0 aliphatic carbocycles. The van der Waals surface area contributed by atoms with Crippen LogP contribution >= 0.6 is 26.6 Å². The van der Waals surface area contributed by atoms with Crippen molar-refractivity contribution in [3.8, 4) is 6.07 Å². The first-order chi connectivity index (χ1) is 6.38. The molecule has 14 heavy (non-hydrogen) atoms. The number of nitriles is 1. The lowest BCUT2D eigenvalue weighted by atomic mass is 10.2. The average Bonchev–Trinajstić information content (AvgIpc) is 2.07. The number of halogens is 2. The van der Waals surface area contributed by atoms with Crippen molar-refractivity contribution in [1.82, 2.24) is 0 Å². The summed E-state index contributed by atoms with van der Waals surface area (Å²) in [6.07, 6.45) is 0. The maximum atomic E-state index is 11.2. The quantitative estimate of drug-likeness (QED) is 0.748. The van der Waals surface area contributed by atoms with Gasteiger partial charge in [-0.05, 0) is 34.5 Å². The van der Waals surface area contributed by atoms with E-state index in [1.54, 1.807) is 19.1 Å². The highest BCUT2D eigenvalue weighted by atomic mass is 79.9. The van der Waals surface area contributed by atoms with E-state index < -0.39 is 9.05 Å². The zero-order valence-electron chi connectivity index (χ0n) is 7.08. The molecule has 1 aromatic carbocycles. The van der Waals surface area contributed by atoms with Gasteiger partial charge in [-0.25, -0.2) is 8.42 Å². The first kappa shape index (κ1) is 11.5. The molecule has 0 aliphatic heterocycles. The Morgan fingerprint density at radius 3 is 2.50 bits per heavy atom. The normalized spacial score (nSPS) is 11.0. The molecule has 0 saturated heterocycles. The molecular weight excluding hydrogens is 290 g/mol. The third-order valence-electron chi connectivity index (χ3n) is 1.65. The predicted octanol–water partition coefficient (Wildman–Crippen LogP) is 2.56. The fourth-order valence-corrected chi connectivity index (χ4v) is 3.48. The number of hydrogen-bond donors (Lipinski definition) is 0. The van der Waals surface area contributed by atoms with Crippen molar-refractivity contribution < 1.29 is 8.42 Å². The van der Waals surface area contributed by atoms with E-state index in [1.165, 1.54) is 6.07 Å². The summed E-state index contributed by atoms with van der Waals surface area (Å²) in [6, 6.07) is 4.85. The molecule has 0 saturated carbocycles. The standard InChI is InChI=1S/C8H5BrClNO2S/c1-5-2-3-6(4-11)8(7(5)9)14(10,12)13/h2-3H,1H3. The van der Waals surface area contributed by atoms with Crippen LogP contribution < -0.4 is 0 Å². The van der Waals surface area contributed by atoms with Gasteiger partial charge in [0.1, 0.15) is 11.0 Å². The number of rotatable bonds is 1. The summed E-state index contributed by atoms with van der Waals surface area (Å²) in [7, 11) is 1.31. The Bertz CT molecular complexity index is 519. The van der Waals surface area contributed by atoms with Gasteiger partial charge in [0.05, 0.1) is 5.56 Å². The summed E-state index contributed by atoms with van der Waals surface area (Å²) >= 11 is 3.09. The van der Waals surface area contributed by atoms with Crippen molar-refractivity contribution in [2.24, 2.45) is 0 Å². The number of aryl methyl sites for hydroxylation is 1. The maximum absolute atomic E-state index is 11.2. The Kier molecular flexibility index (Phi) is 3.20. The molecule has 0 radical (unpaired) electrons. The van der Waals surface area contributed by atoms with Gasteiger partial charge >= 0.3 is 0 Å². The van der Waals surface area contributed by atoms with E-state index in [-0.39, 0.29) is 10.5 Å². The molecule has 0 unspecified atom stereocenters. The first-order valence-corrected chi connectivity index (χ1v) is 6.62. The van der Waals surface area contributed by atoms with E-state index in [0.29, 0.717) is 10.0 Å². The minimum Gasteiger partial charge on any atom is -0.207 e. The van der Waals surface area contributed by atoms with Crippen LogP contribution in [0.5, 0.6) is 0 Å². The molecule has 0 fully saturated rings. The van der Waals surface area contributed by atoms with Crippen molar-refractivity contribution in [3.05, 3.63) is 27.7 Å². The lowest BCUT2D eigenvalue weighted by Crippen LogP contribution is -1.98. The second-order valence-corrected chi connectivity index (χ2v) is 5.92. The van der Waals surface area contributed by atoms with Crippen molar-refractivity contribution in [2.75, 3.05) is 0 Å². The number of nitrogens with zero attached hydrogens (tertiary/aromatic N) is 1. The molecular formula is C8H5BrClNO2S. The van der Waals surface area contributed by atoms with E-state index in [2.05, 4.69) is 15.9 Å². The zero-order valence-corrected chi connectivity index (χ0v) is 10.2. The van der Waals surface area contributed by atoms with E-state index in [9.17, 15) is 8.42 Å². The molecule has 0 bridgehead atoms. The third kappa shape index (κ3) is 2.08. The summed E-state index contributed by atoms with van der Waals surface area (Å²) < 4.78 is 22.7. The van der Waals surface area contributed by atoms with Crippen LogP contribution in [0, 0.1) is 18.3 Å². The Labute approximate surface area is 94.9 Å². The molecule has 0 amide bonds. The lowest BCUT2D eigenvalue weighted by molar-refractivity contribution is 0.609. The summed E-state index contributed by atoms with van der Waals surface area (Å²) in [4.78, 5) is -0.165.